The standard InChI is InChI=1S/C15H15ClFNO3S2/c1-21-15-10-13(6-7-14(15)17)23(19,20)18-8-9-22-12-4-2-11(16)3-5-12/h2-7,10,18H,8-9H2,1H3. The molecule has 4 nitrogen and oxygen atoms in total. The molecule has 0 amide bonds. The molecule has 2 rings (SSSR count). The quantitative estimate of drug-likeness (QED) is 0.594. The Bertz CT molecular complexity index is 767. The first kappa shape index (κ1) is 18.1. The van der Waals surface area contributed by atoms with Gasteiger partial charge in [-0.25, -0.2) is 17.5 Å². The average molecular weight is 376 g/mol. The Morgan fingerprint density at radius 3 is 2.57 bits per heavy atom. The van der Waals surface area contributed by atoms with Crippen molar-refractivity contribution in [1.29, 1.82) is 0 Å². The van der Waals surface area contributed by atoms with Crippen molar-refractivity contribution in [2.45, 2.75) is 9.79 Å². The fraction of sp³-hybridized carbons (Fsp3) is 0.200. The molecule has 0 radical (unpaired) electrons. The molecule has 0 spiro atoms. The lowest BCUT2D eigenvalue weighted by atomic mass is 10.3. The molecule has 23 heavy (non-hydrogen) atoms. The molecule has 0 aromatic heterocycles. The van der Waals surface area contributed by atoms with E-state index in [2.05, 4.69) is 4.72 Å². The van der Waals surface area contributed by atoms with E-state index in [-0.39, 0.29) is 17.2 Å². The van der Waals surface area contributed by atoms with Crippen LogP contribution in [0.15, 0.2) is 52.3 Å². The lowest BCUT2D eigenvalue weighted by Gasteiger charge is -2.09. The van der Waals surface area contributed by atoms with Gasteiger partial charge in [0.25, 0.3) is 0 Å². The third-order valence-electron chi connectivity index (χ3n) is 2.91. The molecule has 124 valence electrons. The zero-order valence-electron chi connectivity index (χ0n) is 12.3. The van der Waals surface area contributed by atoms with Gasteiger partial charge in [-0.15, -0.1) is 11.8 Å². The number of benzene rings is 2. The van der Waals surface area contributed by atoms with Crippen LogP contribution in [0, 0.1) is 5.82 Å². The second kappa shape index (κ2) is 8.01. The van der Waals surface area contributed by atoms with E-state index in [1.165, 1.54) is 24.9 Å². The number of ether oxygens (including phenoxy) is 1. The minimum atomic E-state index is -3.70. The monoisotopic (exact) mass is 375 g/mol. The van der Waals surface area contributed by atoms with Crippen molar-refractivity contribution < 1.29 is 17.5 Å². The molecular weight excluding hydrogens is 361 g/mol. The van der Waals surface area contributed by atoms with Crippen LogP contribution in [0.25, 0.3) is 0 Å². The van der Waals surface area contributed by atoms with Gasteiger partial charge < -0.3 is 4.74 Å². The highest BCUT2D eigenvalue weighted by molar-refractivity contribution is 7.99. The smallest absolute Gasteiger partial charge is 0.240 e. The Balaban J connectivity index is 1.92. The zero-order chi connectivity index (χ0) is 16.9. The zero-order valence-corrected chi connectivity index (χ0v) is 14.6. The van der Waals surface area contributed by atoms with Crippen LogP contribution in [0.1, 0.15) is 0 Å². The summed E-state index contributed by atoms with van der Waals surface area (Å²) >= 11 is 7.30. The predicted molar refractivity (Wildman–Crippen MR) is 90.3 cm³/mol. The van der Waals surface area contributed by atoms with Gasteiger partial charge in [-0.3, -0.25) is 0 Å². The first-order valence-electron chi connectivity index (χ1n) is 6.64. The molecule has 0 aliphatic carbocycles. The number of nitrogens with one attached hydrogen (secondary N) is 1. The van der Waals surface area contributed by atoms with Crippen LogP contribution in [0.5, 0.6) is 5.75 Å². The molecular formula is C15H15ClFNO3S2. The fourth-order valence-corrected chi connectivity index (χ4v) is 3.84. The van der Waals surface area contributed by atoms with Gasteiger partial charge in [0.05, 0.1) is 12.0 Å². The summed E-state index contributed by atoms with van der Waals surface area (Å²) in [6, 6.07) is 10.7. The van der Waals surface area contributed by atoms with Crippen molar-refractivity contribution in [3.8, 4) is 5.75 Å². The fourth-order valence-electron chi connectivity index (χ4n) is 1.77. The SMILES string of the molecule is COc1cc(S(=O)(=O)NCCSc2ccc(Cl)cc2)ccc1F. The Hall–Kier alpha value is -1.28. The number of rotatable bonds is 7. The first-order chi connectivity index (χ1) is 10.9. The Kier molecular flexibility index (Phi) is 6.29. The topological polar surface area (TPSA) is 55.4 Å². The lowest BCUT2D eigenvalue weighted by molar-refractivity contribution is 0.385. The van der Waals surface area contributed by atoms with Crippen LogP contribution in [0.2, 0.25) is 5.02 Å². The van der Waals surface area contributed by atoms with E-state index in [1.54, 1.807) is 12.1 Å². The third-order valence-corrected chi connectivity index (χ3v) is 5.63. The summed E-state index contributed by atoms with van der Waals surface area (Å²) in [5, 5.41) is 0.653. The summed E-state index contributed by atoms with van der Waals surface area (Å²) in [7, 11) is -2.42. The minimum absolute atomic E-state index is 0.0350. The number of methoxy groups -OCH3 is 1. The molecule has 2 aromatic carbocycles. The third kappa shape index (κ3) is 5.10. The Morgan fingerprint density at radius 2 is 1.91 bits per heavy atom. The molecule has 0 aliphatic heterocycles. The van der Waals surface area contributed by atoms with Crippen LogP contribution in [-0.4, -0.2) is 27.8 Å². The summed E-state index contributed by atoms with van der Waals surface area (Å²) in [6.45, 7) is 0.245. The highest BCUT2D eigenvalue weighted by Gasteiger charge is 2.16. The van der Waals surface area contributed by atoms with E-state index >= 15 is 0 Å². The summed E-state index contributed by atoms with van der Waals surface area (Å²) in [5.74, 6) is -0.160. The molecule has 1 N–H and O–H groups in total. The van der Waals surface area contributed by atoms with Crippen molar-refractivity contribution in [3.05, 3.63) is 53.3 Å². The van der Waals surface area contributed by atoms with Crippen LogP contribution in [0.4, 0.5) is 4.39 Å². The minimum Gasteiger partial charge on any atom is -0.494 e. The molecule has 0 unspecified atom stereocenters. The van der Waals surface area contributed by atoms with Gasteiger partial charge >= 0.3 is 0 Å². The van der Waals surface area contributed by atoms with Gasteiger partial charge in [-0.2, -0.15) is 0 Å². The normalized spacial score (nSPS) is 11.4. The summed E-state index contributed by atoms with van der Waals surface area (Å²) < 4.78 is 44.9. The Morgan fingerprint density at radius 1 is 1.22 bits per heavy atom. The molecule has 0 saturated carbocycles. The number of hydrogen-bond acceptors (Lipinski definition) is 4. The second-order valence-electron chi connectivity index (χ2n) is 4.50. The maximum Gasteiger partial charge on any atom is 0.240 e. The molecule has 2 aromatic rings. The van der Waals surface area contributed by atoms with Gasteiger partial charge in [0, 0.05) is 28.3 Å². The van der Waals surface area contributed by atoms with Crippen molar-refractivity contribution in [2.75, 3.05) is 19.4 Å². The number of hydrogen-bond donors (Lipinski definition) is 1. The Labute approximate surface area is 144 Å². The maximum absolute atomic E-state index is 13.3. The van der Waals surface area contributed by atoms with E-state index in [0.29, 0.717) is 10.8 Å². The van der Waals surface area contributed by atoms with Crippen molar-refractivity contribution in [3.63, 3.8) is 0 Å². The predicted octanol–water partition coefficient (Wildman–Crippen LogP) is 3.56. The highest BCUT2D eigenvalue weighted by atomic mass is 35.5. The summed E-state index contributed by atoms with van der Waals surface area (Å²) in [4.78, 5) is 0.962. The number of halogens is 2. The van der Waals surface area contributed by atoms with Gasteiger partial charge in [0.1, 0.15) is 0 Å². The van der Waals surface area contributed by atoms with Gasteiger partial charge in [-0.05, 0) is 36.4 Å². The largest absolute Gasteiger partial charge is 0.494 e. The molecule has 0 atom stereocenters. The van der Waals surface area contributed by atoms with Crippen LogP contribution >= 0.6 is 23.4 Å². The van der Waals surface area contributed by atoms with Crippen LogP contribution < -0.4 is 9.46 Å². The first-order valence-corrected chi connectivity index (χ1v) is 9.48. The molecule has 8 heteroatoms. The average Bonchev–Trinajstić information content (AvgIpc) is 2.53. The number of sulfonamides is 1. The van der Waals surface area contributed by atoms with Crippen LogP contribution in [-0.2, 0) is 10.0 Å². The molecule has 0 bridgehead atoms. The number of thioether (sulfide) groups is 1. The van der Waals surface area contributed by atoms with Crippen LogP contribution in [0.3, 0.4) is 0 Å². The van der Waals surface area contributed by atoms with E-state index in [0.717, 1.165) is 17.0 Å². The summed E-state index contributed by atoms with van der Waals surface area (Å²) in [5.41, 5.74) is 0. The molecule has 0 aliphatic rings. The maximum atomic E-state index is 13.3. The molecule has 0 fully saturated rings. The van der Waals surface area contributed by atoms with Gasteiger partial charge in [0.15, 0.2) is 11.6 Å². The van der Waals surface area contributed by atoms with Crippen molar-refractivity contribution in [2.24, 2.45) is 0 Å². The van der Waals surface area contributed by atoms with Gasteiger partial charge in [-0.1, -0.05) is 11.6 Å². The second-order valence-corrected chi connectivity index (χ2v) is 7.87. The molecule has 0 heterocycles. The van der Waals surface area contributed by atoms with E-state index < -0.39 is 15.8 Å². The highest BCUT2D eigenvalue weighted by Crippen LogP contribution is 2.22. The summed E-state index contributed by atoms with van der Waals surface area (Å²) in [6.07, 6.45) is 0. The van der Waals surface area contributed by atoms with Gasteiger partial charge in [0.2, 0.25) is 10.0 Å². The van der Waals surface area contributed by atoms with E-state index in [9.17, 15) is 12.8 Å². The van der Waals surface area contributed by atoms with Crippen molar-refractivity contribution in [1.82, 2.24) is 4.72 Å². The molecule has 0 saturated heterocycles. The van der Waals surface area contributed by atoms with Crippen molar-refractivity contribution >= 4 is 33.4 Å². The van der Waals surface area contributed by atoms with E-state index in [1.807, 2.05) is 12.1 Å². The van der Waals surface area contributed by atoms with E-state index in [4.69, 9.17) is 16.3 Å². The lowest BCUT2D eigenvalue weighted by Crippen LogP contribution is -2.26.